The molecule has 3 nitrogen and oxygen atoms in total. The third-order valence-electron chi connectivity index (χ3n) is 5.48. The molecule has 0 atom stereocenters. The molecule has 4 rings (SSSR count). The van der Waals surface area contributed by atoms with E-state index in [1.165, 1.54) is 33.6 Å². The third kappa shape index (κ3) is 2.19. The topological polar surface area (TPSA) is 20.0 Å². The monoisotopic (exact) mass is 330 g/mol. The Bertz CT molecular complexity index is 973. The van der Waals surface area contributed by atoms with Gasteiger partial charge in [0.1, 0.15) is 12.9 Å². The van der Waals surface area contributed by atoms with Crippen molar-refractivity contribution in [2.45, 2.75) is 26.2 Å². The molecule has 0 unspecified atom stereocenters. The second-order valence-corrected chi connectivity index (χ2v) is 7.41. The Labute approximate surface area is 149 Å². The van der Waals surface area contributed by atoms with E-state index < -0.39 is 0 Å². The van der Waals surface area contributed by atoms with E-state index in [1.807, 2.05) is 12.3 Å². The molecule has 0 saturated carbocycles. The first-order valence-corrected chi connectivity index (χ1v) is 8.71. The number of anilines is 2. The molecule has 3 aromatic rings. The molecule has 0 radical (unpaired) electrons. The van der Waals surface area contributed by atoms with Crippen molar-refractivity contribution in [1.82, 2.24) is 4.98 Å². The summed E-state index contributed by atoms with van der Waals surface area (Å²) >= 11 is 0. The average molecular weight is 330 g/mol. The first-order valence-electron chi connectivity index (χ1n) is 8.71. The van der Waals surface area contributed by atoms with Crippen LogP contribution in [0.4, 0.5) is 11.5 Å². The Morgan fingerprint density at radius 3 is 2.56 bits per heavy atom. The van der Waals surface area contributed by atoms with Gasteiger partial charge in [-0.1, -0.05) is 32.0 Å². The lowest BCUT2D eigenvalue weighted by molar-refractivity contribution is -0.660. The van der Waals surface area contributed by atoms with Crippen LogP contribution in [0.25, 0.3) is 11.3 Å². The Hall–Kier alpha value is -2.68. The zero-order valence-corrected chi connectivity index (χ0v) is 15.5. The second-order valence-electron chi connectivity index (χ2n) is 7.41. The van der Waals surface area contributed by atoms with Gasteiger partial charge in [-0.2, -0.15) is 0 Å². The maximum absolute atomic E-state index is 4.70. The number of rotatable bonds is 1. The highest BCUT2D eigenvalue weighted by Gasteiger charge is 2.38. The Morgan fingerprint density at radius 2 is 1.80 bits per heavy atom. The number of aryl methyl sites for hydroxylation is 2. The molecule has 0 aliphatic carbocycles. The van der Waals surface area contributed by atoms with Crippen LogP contribution in [0, 0.1) is 6.92 Å². The van der Waals surface area contributed by atoms with Gasteiger partial charge in [0.2, 0.25) is 5.69 Å². The van der Waals surface area contributed by atoms with Gasteiger partial charge in [-0.3, -0.25) is 0 Å². The molecule has 0 bridgehead atoms. The summed E-state index contributed by atoms with van der Waals surface area (Å²) in [5.74, 6) is 1.05. The van der Waals surface area contributed by atoms with E-state index in [1.54, 1.807) is 0 Å². The summed E-state index contributed by atoms with van der Waals surface area (Å²) in [6.07, 6.45) is 3.99. The fraction of sp³-hybridized carbons (Fsp3) is 0.273. The highest BCUT2D eigenvalue weighted by Crippen LogP contribution is 2.50. The van der Waals surface area contributed by atoms with Crippen LogP contribution in [0.3, 0.4) is 0 Å². The average Bonchev–Trinajstić information content (AvgIpc) is 2.60. The number of benzene rings is 1. The van der Waals surface area contributed by atoms with Crippen LogP contribution in [0.5, 0.6) is 0 Å². The zero-order chi connectivity index (χ0) is 17.8. The number of hydrogen-bond donors (Lipinski definition) is 0. The van der Waals surface area contributed by atoms with E-state index in [-0.39, 0.29) is 5.41 Å². The van der Waals surface area contributed by atoms with Crippen molar-refractivity contribution in [2.75, 3.05) is 11.9 Å². The van der Waals surface area contributed by atoms with Crippen LogP contribution in [0.1, 0.15) is 30.5 Å². The van der Waals surface area contributed by atoms with E-state index >= 15 is 0 Å². The standard InChI is InChI=1S/C22H24N3/c1-15-11-12-16-20(19(15)18-10-6-7-14-24(18)4)25(5)21-17(22(16,2)3)9-8-13-23-21/h6-14H,1-5H3/q+1. The van der Waals surface area contributed by atoms with E-state index in [2.05, 4.69) is 86.9 Å². The van der Waals surface area contributed by atoms with Gasteiger partial charge in [0, 0.05) is 36.4 Å². The Morgan fingerprint density at radius 1 is 1.00 bits per heavy atom. The van der Waals surface area contributed by atoms with Crippen molar-refractivity contribution < 1.29 is 4.57 Å². The van der Waals surface area contributed by atoms with Gasteiger partial charge in [0.15, 0.2) is 6.20 Å². The van der Waals surface area contributed by atoms with E-state index in [0.717, 1.165) is 5.82 Å². The summed E-state index contributed by atoms with van der Waals surface area (Å²) in [7, 11) is 4.24. The highest BCUT2D eigenvalue weighted by molar-refractivity contribution is 5.88. The Kier molecular flexibility index (Phi) is 3.43. The largest absolute Gasteiger partial charge is 0.328 e. The minimum Gasteiger partial charge on any atom is -0.328 e. The molecular weight excluding hydrogens is 306 g/mol. The van der Waals surface area contributed by atoms with Crippen LogP contribution < -0.4 is 9.47 Å². The molecule has 3 heteroatoms. The maximum atomic E-state index is 4.70. The van der Waals surface area contributed by atoms with Gasteiger partial charge in [0.05, 0.1) is 11.3 Å². The minimum absolute atomic E-state index is 0.0821. The fourth-order valence-electron chi connectivity index (χ4n) is 4.05. The van der Waals surface area contributed by atoms with E-state index in [0.29, 0.717) is 0 Å². The predicted molar refractivity (Wildman–Crippen MR) is 102 cm³/mol. The highest BCUT2D eigenvalue weighted by atomic mass is 15.2. The van der Waals surface area contributed by atoms with Crippen molar-refractivity contribution in [3.8, 4) is 11.3 Å². The van der Waals surface area contributed by atoms with Crippen molar-refractivity contribution in [1.29, 1.82) is 0 Å². The number of pyridine rings is 2. The summed E-state index contributed by atoms with van der Waals surface area (Å²) in [5, 5.41) is 0. The SMILES string of the molecule is Cc1ccc2c(c1-c1cccc[n+]1C)N(C)c1ncccc1C2(C)C. The summed E-state index contributed by atoms with van der Waals surface area (Å²) in [4.78, 5) is 6.96. The van der Waals surface area contributed by atoms with Crippen molar-refractivity contribution in [3.63, 3.8) is 0 Å². The maximum Gasteiger partial charge on any atom is 0.214 e. The third-order valence-corrected chi connectivity index (χ3v) is 5.48. The van der Waals surface area contributed by atoms with Gasteiger partial charge in [-0.15, -0.1) is 0 Å². The molecule has 25 heavy (non-hydrogen) atoms. The molecule has 1 aromatic carbocycles. The molecule has 1 aliphatic rings. The molecule has 3 heterocycles. The molecule has 0 amide bonds. The van der Waals surface area contributed by atoms with Crippen LogP contribution >= 0.6 is 0 Å². The van der Waals surface area contributed by atoms with Gasteiger partial charge in [-0.05, 0) is 30.2 Å². The minimum atomic E-state index is -0.0821. The first kappa shape index (κ1) is 15.8. The van der Waals surface area contributed by atoms with Crippen LogP contribution in [0.15, 0.2) is 54.9 Å². The van der Waals surface area contributed by atoms with E-state index in [9.17, 15) is 0 Å². The van der Waals surface area contributed by atoms with Crippen molar-refractivity contribution in [3.05, 3.63) is 71.5 Å². The molecular formula is C22H24N3+. The number of nitrogens with zero attached hydrogens (tertiary/aromatic N) is 3. The van der Waals surface area contributed by atoms with E-state index in [4.69, 9.17) is 4.98 Å². The lowest BCUT2D eigenvalue weighted by atomic mass is 9.73. The Balaban J connectivity index is 2.09. The molecule has 0 N–H and O–H groups in total. The molecule has 126 valence electrons. The van der Waals surface area contributed by atoms with Gasteiger partial charge >= 0.3 is 0 Å². The fourth-order valence-corrected chi connectivity index (χ4v) is 4.05. The number of hydrogen-bond acceptors (Lipinski definition) is 2. The number of aromatic nitrogens is 2. The smallest absolute Gasteiger partial charge is 0.214 e. The molecule has 0 fully saturated rings. The lowest BCUT2D eigenvalue weighted by Gasteiger charge is -2.40. The summed E-state index contributed by atoms with van der Waals surface area (Å²) in [5.41, 5.74) is 7.59. The van der Waals surface area contributed by atoms with Crippen molar-refractivity contribution in [2.24, 2.45) is 7.05 Å². The van der Waals surface area contributed by atoms with Crippen LogP contribution in [-0.4, -0.2) is 12.0 Å². The molecule has 2 aromatic heterocycles. The van der Waals surface area contributed by atoms with Crippen molar-refractivity contribution >= 4 is 11.5 Å². The summed E-state index contributed by atoms with van der Waals surface area (Å²) in [6.45, 7) is 6.78. The summed E-state index contributed by atoms with van der Waals surface area (Å²) < 4.78 is 2.19. The number of fused-ring (bicyclic) bond motifs is 2. The van der Waals surface area contributed by atoms with Gasteiger partial charge < -0.3 is 4.90 Å². The normalized spacial score (nSPS) is 14.8. The first-order chi connectivity index (χ1) is 11.9. The van der Waals surface area contributed by atoms with Crippen LogP contribution in [0.2, 0.25) is 0 Å². The zero-order valence-electron chi connectivity index (χ0n) is 15.5. The van der Waals surface area contributed by atoms with Gasteiger partial charge in [-0.25, -0.2) is 9.55 Å². The summed E-state index contributed by atoms with van der Waals surface area (Å²) in [6, 6.07) is 15.1. The van der Waals surface area contributed by atoms with Gasteiger partial charge in [0.25, 0.3) is 0 Å². The van der Waals surface area contributed by atoms with Crippen LogP contribution in [-0.2, 0) is 12.5 Å². The molecule has 1 aliphatic heterocycles. The second kappa shape index (κ2) is 5.41. The quantitative estimate of drug-likeness (QED) is 0.620. The lowest BCUT2D eigenvalue weighted by Crippen LogP contribution is -2.34. The molecule has 0 spiro atoms. The molecule has 0 saturated heterocycles. The predicted octanol–water partition coefficient (Wildman–Crippen LogP) is 4.29.